The second-order valence-electron chi connectivity index (χ2n) is 3.70. The van der Waals surface area contributed by atoms with E-state index >= 15 is 0 Å². The number of benzene rings is 1. The van der Waals surface area contributed by atoms with Crippen molar-refractivity contribution in [1.82, 2.24) is 4.90 Å². The number of carbonyl (C=O) groups excluding carboxylic acids is 1. The minimum absolute atomic E-state index is 0.0792. The number of aryl methyl sites for hydroxylation is 1. The van der Waals surface area contributed by atoms with Crippen molar-refractivity contribution in [1.29, 1.82) is 0 Å². The first-order chi connectivity index (χ1) is 7.43. The monoisotopic (exact) mass is 285 g/mol. The number of carbonyl (C=O) groups is 1. The Balaban J connectivity index is 3.06. The Kier molecular flexibility index (Phi) is 4.24. The van der Waals surface area contributed by atoms with Crippen molar-refractivity contribution in [2.24, 2.45) is 0 Å². The van der Waals surface area contributed by atoms with E-state index in [4.69, 9.17) is 0 Å². The molecule has 1 rings (SSSR count). The van der Waals surface area contributed by atoms with E-state index in [1.165, 1.54) is 12.1 Å². The van der Waals surface area contributed by atoms with Gasteiger partial charge in [0, 0.05) is 26.4 Å². The molecule has 0 spiro atoms. The van der Waals surface area contributed by atoms with Gasteiger partial charge in [-0.1, -0.05) is 6.07 Å². The number of allylic oxidation sites excluding steroid dienone is 1. The van der Waals surface area contributed by atoms with Crippen molar-refractivity contribution in [2.75, 3.05) is 14.1 Å². The Morgan fingerprint density at radius 1 is 1.44 bits per heavy atom. The number of nitrogens with zero attached hydrogens (tertiary/aromatic N) is 1. The van der Waals surface area contributed by atoms with Gasteiger partial charge in [-0.25, -0.2) is 4.39 Å². The molecule has 16 heavy (non-hydrogen) atoms. The lowest BCUT2D eigenvalue weighted by atomic mass is 10.1. The van der Waals surface area contributed by atoms with E-state index in [2.05, 4.69) is 15.9 Å². The van der Waals surface area contributed by atoms with E-state index in [0.29, 0.717) is 4.47 Å². The third-order valence-corrected chi connectivity index (χ3v) is 3.04. The van der Waals surface area contributed by atoms with Crippen molar-refractivity contribution in [3.8, 4) is 0 Å². The number of hydrogen-bond acceptors (Lipinski definition) is 2. The van der Waals surface area contributed by atoms with Crippen LogP contribution in [0.25, 0.3) is 0 Å². The summed E-state index contributed by atoms with van der Waals surface area (Å²) in [5.74, 6) is -0.847. The van der Waals surface area contributed by atoms with E-state index in [1.54, 1.807) is 38.2 Å². The van der Waals surface area contributed by atoms with Crippen molar-refractivity contribution in [3.63, 3.8) is 0 Å². The highest BCUT2D eigenvalue weighted by Gasteiger charge is 2.13. The number of hydrogen-bond donors (Lipinski definition) is 0. The lowest BCUT2D eigenvalue weighted by Crippen LogP contribution is -2.05. The van der Waals surface area contributed by atoms with Crippen molar-refractivity contribution >= 4 is 21.7 Å². The maximum absolute atomic E-state index is 13.7. The molecule has 0 aromatic heterocycles. The number of ketones is 1. The van der Waals surface area contributed by atoms with Gasteiger partial charge in [-0.05, 0) is 34.5 Å². The van der Waals surface area contributed by atoms with Crippen LogP contribution in [-0.2, 0) is 0 Å². The molecule has 0 amide bonds. The van der Waals surface area contributed by atoms with Crippen LogP contribution in [0.3, 0.4) is 0 Å². The summed E-state index contributed by atoms with van der Waals surface area (Å²) in [5, 5.41) is 0. The maximum atomic E-state index is 13.7. The van der Waals surface area contributed by atoms with Crippen molar-refractivity contribution in [3.05, 3.63) is 45.8 Å². The summed E-state index contributed by atoms with van der Waals surface area (Å²) in [4.78, 5) is 13.4. The van der Waals surface area contributed by atoms with E-state index < -0.39 is 5.82 Å². The molecule has 0 aliphatic heterocycles. The van der Waals surface area contributed by atoms with E-state index in [9.17, 15) is 9.18 Å². The standard InChI is InChI=1S/C12H13BrFNO/c1-8-4-5-9(12(14)11(8)13)10(16)6-7-15(2)3/h4-7H,1-3H3/b7-6+. The summed E-state index contributed by atoms with van der Waals surface area (Å²) in [6, 6.07) is 3.21. The predicted octanol–water partition coefficient (Wildman–Crippen LogP) is 3.15. The quantitative estimate of drug-likeness (QED) is 0.628. The molecule has 0 heterocycles. The molecular formula is C12H13BrFNO. The molecule has 0 atom stereocenters. The Hall–Kier alpha value is -1.16. The largest absolute Gasteiger partial charge is 0.383 e. The SMILES string of the molecule is Cc1ccc(C(=O)/C=C/N(C)C)c(F)c1Br. The zero-order valence-corrected chi connectivity index (χ0v) is 11.0. The van der Waals surface area contributed by atoms with Crippen molar-refractivity contribution in [2.45, 2.75) is 6.92 Å². The number of rotatable bonds is 3. The second kappa shape index (κ2) is 5.25. The Morgan fingerprint density at radius 2 is 2.06 bits per heavy atom. The fraction of sp³-hybridized carbons (Fsp3) is 0.250. The molecular weight excluding hydrogens is 273 g/mol. The minimum Gasteiger partial charge on any atom is -0.383 e. The average Bonchev–Trinajstić information content (AvgIpc) is 2.23. The molecule has 2 nitrogen and oxygen atoms in total. The lowest BCUT2D eigenvalue weighted by molar-refractivity contribution is 0.104. The van der Waals surface area contributed by atoms with E-state index in [1.807, 2.05) is 0 Å². The molecule has 0 saturated carbocycles. The highest BCUT2D eigenvalue weighted by atomic mass is 79.9. The molecule has 0 fully saturated rings. The molecule has 0 N–H and O–H groups in total. The average molecular weight is 286 g/mol. The van der Waals surface area contributed by atoms with Crippen LogP contribution < -0.4 is 0 Å². The van der Waals surface area contributed by atoms with Gasteiger partial charge in [-0.2, -0.15) is 0 Å². The van der Waals surface area contributed by atoms with Crippen LogP contribution in [0, 0.1) is 12.7 Å². The van der Waals surface area contributed by atoms with E-state index in [-0.39, 0.29) is 11.3 Å². The maximum Gasteiger partial charge on any atom is 0.190 e. The van der Waals surface area contributed by atoms with Crippen LogP contribution in [-0.4, -0.2) is 24.8 Å². The van der Waals surface area contributed by atoms with Crippen LogP contribution in [0.2, 0.25) is 0 Å². The van der Waals surface area contributed by atoms with E-state index in [0.717, 1.165) is 5.56 Å². The van der Waals surface area contributed by atoms with Gasteiger partial charge >= 0.3 is 0 Å². The van der Waals surface area contributed by atoms with Gasteiger partial charge in [0.2, 0.25) is 0 Å². The molecule has 0 bridgehead atoms. The summed E-state index contributed by atoms with van der Waals surface area (Å²) in [6.45, 7) is 1.77. The summed E-state index contributed by atoms with van der Waals surface area (Å²) in [6.07, 6.45) is 2.94. The first-order valence-corrected chi connectivity index (χ1v) is 5.56. The summed E-state index contributed by atoms with van der Waals surface area (Å²) >= 11 is 3.12. The van der Waals surface area contributed by atoms with Gasteiger partial charge in [0.15, 0.2) is 5.78 Å². The first kappa shape index (κ1) is 12.9. The Morgan fingerprint density at radius 3 is 2.62 bits per heavy atom. The van der Waals surface area contributed by atoms with Crippen LogP contribution in [0.5, 0.6) is 0 Å². The highest BCUT2D eigenvalue weighted by molar-refractivity contribution is 9.10. The van der Waals surface area contributed by atoms with Gasteiger partial charge in [-0.3, -0.25) is 4.79 Å². The Labute approximate surface area is 103 Å². The van der Waals surface area contributed by atoms with Crippen LogP contribution >= 0.6 is 15.9 Å². The molecule has 1 aromatic carbocycles. The summed E-state index contributed by atoms with van der Waals surface area (Å²) in [7, 11) is 3.59. The summed E-state index contributed by atoms with van der Waals surface area (Å²) in [5.41, 5.74) is 0.848. The lowest BCUT2D eigenvalue weighted by Gasteiger charge is -2.05. The molecule has 0 unspecified atom stereocenters. The number of halogens is 2. The normalized spacial score (nSPS) is 10.8. The third kappa shape index (κ3) is 2.92. The third-order valence-electron chi connectivity index (χ3n) is 2.06. The fourth-order valence-electron chi connectivity index (χ4n) is 1.14. The molecule has 1 aromatic rings. The molecule has 0 aliphatic carbocycles. The highest BCUT2D eigenvalue weighted by Crippen LogP contribution is 2.23. The van der Waals surface area contributed by atoms with Crippen LogP contribution in [0.15, 0.2) is 28.9 Å². The molecule has 4 heteroatoms. The van der Waals surface area contributed by atoms with Crippen LogP contribution in [0.1, 0.15) is 15.9 Å². The topological polar surface area (TPSA) is 20.3 Å². The molecule has 86 valence electrons. The van der Waals surface area contributed by atoms with Gasteiger partial charge < -0.3 is 4.90 Å². The smallest absolute Gasteiger partial charge is 0.190 e. The molecule has 0 radical (unpaired) electrons. The molecule has 0 saturated heterocycles. The van der Waals surface area contributed by atoms with Gasteiger partial charge in [0.1, 0.15) is 5.82 Å². The van der Waals surface area contributed by atoms with Crippen molar-refractivity contribution < 1.29 is 9.18 Å². The summed E-state index contributed by atoms with van der Waals surface area (Å²) < 4.78 is 14.1. The predicted molar refractivity (Wildman–Crippen MR) is 66.0 cm³/mol. The zero-order valence-electron chi connectivity index (χ0n) is 9.42. The second-order valence-corrected chi connectivity index (χ2v) is 4.49. The minimum atomic E-state index is -0.506. The zero-order chi connectivity index (χ0) is 12.3. The van der Waals surface area contributed by atoms with Crippen LogP contribution in [0.4, 0.5) is 4.39 Å². The van der Waals surface area contributed by atoms with Gasteiger partial charge in [0.05, 0.1) is 10.0 Å². The van der Waals surface area contributed by atoms with Gasteiger partial charge in [0.25, 0.3) is 0 Å². The molecule has 0 aliphatic rings. The fourth-order valence-corrected chi connectivity index (χ4v) is 1.49. The van der Waals surface area contributed by atoms with Gasteiger partial charge in [-0.15, -0.1) is 0 Å². The first-order valence-electron chi connectivity index (χ1n) is 4.77. The Bertz CT molecular complexity index is 441.